The molecule has 0 N–H and O–H groups in total. The molecule has 1 heteroatoms. The van der Waals surface area contributed by atoms with E-state index in [0.717, 1.165) is 24.8 Å². The Hall–Kier alpha value is -0.590. The lowest BCUT2D eigenvalue weighted by atomic mass is 9.84. The number of carbonyl (C=O) groups is 1. The number of carbonyl (C=O) groups excluding carboxylic acids is 1. The lowest BCUT2D eigenvalue weighted by molar-refractivity contribution is -0.114. The monoisotopic (exact) mass is 166 g/mol. The Bertz CT molecular complexity index is 228. The minimum absolute atomic E-state index is 0.162. The molecular formula is C11H18O. The van der Waals surface area contributed by atoms with E-state index in [1.807, 2.05) is 0 Å². The van der Waals surface area contributed by atoms with E-state index in [9.17, 15) is 4.79 Å². The third-order valence-electron chi connectivity index (χ3n) is 2.74. The first-order valence-corrected chi connectivity index (χ1v) is 4.66. The molecule has 1 rings (SSSR count). The molecule has 0 bridgehead atoms. The molecule has 0 radical (unpaired) electrons. The van der Waals surface area contributed by atoms with Gasteiger partial charge in [0, 0.05) is 6.42 Å². The average Bonchev–Trinajstić information content (AvgIpc) is 2.31. The summed E-state index contributed by atoms with van der Waals surface area (Å²) in [6.07, 6.45) is 2.83. The van der Waals surface area contributed by atoms with Gasteiger partial charge in [-0.3, -0.25) is 4.79 Å². The van der Waals surface area contributed by atoms with Crippen LogP contribution < -0.4 is 0 Å². The van der Waals surface area contributed by atoms with Gasteiger partial charge in [0.15, 0.2) is 5.78 Å². The Balaban J connectivity index is 2.97. The summed E-state index contributed by atoms with van der Waals surface area (Å²) in [5.41, 5.74) is 2.54. The van der Waals surface area contributed by atoms with E-state index in [4.69, 9.17) is 0 Å². The molecule has 68 valence electrons. The van der Waals surface area contributed by atoms with Crippen molar-refractivity contribution in [2.24, 2.45) is 5.41 Å². The van der Waals surface area contributed by atoms with Gasteiger partial charge in [0.2, 0.25) is 0 Å². The quantitative estimate of drug-likeness (QED) is 0.505. The Labute approximate surface area is 74.9 Å². The second kappa shape index (κ2) is 3.04. The molecule has 0 aromatic rings. The minimum Gasteiger partial charge on any atom is -0.295 e. The number of allylic oxidation sites excluding steroid dienone is 2. The van der Waals surface area contributed by atoms with Crippen molar-refractivity contribution < 1.29 is 4.79 Å². The zero-order valence-corrected chi connectivity index (χ0v) is 8.53. The van der Waals surface area contributed by atoms with Crippen LogP contribution in [0.1, 0.15) is 47.0 Å². The average molecular weight is 166 g/mol. The lowest BCUT2D eigenvalue weighted by Gasteiger charge is -2.21. The molecule has 0 aromatic carbocycles. The smallest absolute Gasteiger partial charge is 0.158 e. The summed E-state index contributed by atoms with van der Waals surface area (Å²) in [5, 5.41) is 0. The second-order valence-electron chi connectivity index (χ2n) is 4.63. The predicted molar refractivity (Wildman–Crippen MR) is 51.0 cm³/mol. The van der Waals surface area contributed by atoms with Crippen molar-refractivity contribution in [3.63, 3.8) is 0 Å². The van der Waals surface area contributed by atoms with Gasteiger partial charge in [-0.2, -0.15) is 0 Å². The molecule has 0 aromatic heterocycles. The summed E-state index contributed by atoms with van der Waals surface area (Å²) < 4.78 is 0. The van der Waals surface area contributed by atoms with Crippen LogP contribution in [-0.2, 0) is 4.79 Å². The predicted octanol–water partition coefficient (Wildman–Crippen LogP) is 3.10. The van der Waals surface area contributed by atoms with Crippen LogP contribution in [0.3, 0.4) is 0 Å². The van der Waals surface area contributed by atoms with E-state index >= 15 is 0 Å². The molecule has 0 aliphatic heterocycles. The molecule has 1 aliphatic carbocycles. The standard InChI is InChI=1S/C11H18O/c1-8(11(2,3)4)9-6-5-7-10(9)12/h5-7H2,1-4H3/b9-8+. The SMILES string of the molecule is C/C(=C1/CCCC1=O)C(C)(C)C. The van der Waals surface area contributed by atoms with E-state index in [0.29, 0.717) is 5.78 Å². The summed E-state index contributed by atoms with van der Waals surface area (Å²) in [5.74, 6) is 0.377. The van der Waals surface area contributed by atoms with Gasteiger partial charge in [0.1, 0.15) is 0 Å². The fourth-order valence-electron chi connectivity index (χ4n) is 1.57. The molecule has 12 heavy (non-hydrogen) atoms. The molecule has 1 nitrogen and oxygen atoms in total. The van der Waals surface area contributed by atoms with Gasteiger partial charge in [-0.25, -0.2) is 0 Å². The Kier molecular flexibility index (Phi) is 2.41. The van der Waals surface area contributed by atoms with E-state index in [1.165, 1.54) is 5.57 Å². The van der Waals surface area contributed by atoms with E-state index in [1.54, 1.807) is 0 Å². The molecule has 1 aliphatic rings. The molecule has 1 saturated carbocycles. The highest BCUT2D eigenvalue weighted by atomic mass is 16.1. The van der Waals surface area contributed by atoms with Gasteiger partial charge in [-0.15, -0.1) is 0 Å². The summed E-state index contributed by atoms with van der Waals surface area (Å²) >= 11 is 0. The Morgan fingerprint density at radius 3 is 2.17 bits per heavy atom. The van der Waals surface area contributed by atoms with Crippen molar-refractivity contribution in [2.75, 3.05) is 0 Å². The Morgan fingerprint density at radius 1 is 1.25 bits per heavy atom. The molecule has 0 atom stereocenters. The normalized spacial score (nSPS) is 23.2. The van der Waals surface area contributed by atoms with Crippen molar-refractivity contribution in [1.29, 1.82) is 0 Å². The maximum absolute atomic E-state index is 11.4. The second-order valence-corrected chi connectivity index (χ2v) is 4.63. The number of hydrogen-bond acceptors (Lipinski definition) is 1. The van der Waals surface area contributed by atoms with Crippen LogP contribution in [0.2, 0.25) is 0 Å². The van der Waals surface area contributed by atoms with E-state index in [2.05, 4.69) is 27.7 Å². The molecule has 0 heterocycles. The number of ketones is 1. The van der Waals surface area contributed by atoms with Gasteiger partial charge in [-0.05, 0) is 30.8 Å². The third kappa shape index (κ3) is 1.77. The van der Waals surface area contributed by atoms with Crippen LogP contribution in [0.15, 0.2) is 11.1 Å². The molecule has 0 spiro atoms. The van der Waals surface area contributed by atoms with E-state index in [-0.39, 0.29) is 5.41 Å². The van der Waals surface area contributed by atoms with Crippen LogP contribution in [0.5, 0.6) is 0 Å². The first kappa shape index (κ1) is 9.50. The maximum Gasteiger partial charge on any atom is 0.158 e. The zero-order valence-electron chi connectivity index (χ0n) is 8.53. The van der Waals surface area contributed by atoms with Gasteiger partial charge >= 0.3 is 0 Å². The summed E-state index contributed by atoms with van der Waals surface area (Å²) in [6, 6.07) is 0. The number of rotatable bonds is 0. The highest BCUT2D eigenvalue weighted by Gasteiger charge is 2.24. The van der Waals surface area contributed by atoms with Gasteiger partial charge < -0.3 is 0 Å². The highest BCUT2D eigenvalue weighted by Crippen LogP contribution is 2.33. The highest BCUT2D eigenvalue weighted by molar-refractivity contribution is 5.98. The van der Waals surface area contributed by atoms with Crippen LogP contribution in [0.25, 0.3) is 0 Å². The summed E-state index contributed by atoms with van der Waals surface area (Å²) in [4.78, 5) is 11.4. The van der Waals surface area contributed by atoms with Crippen molar-refractivity contribution in [2.45, 2.75) is 47.0 Å². The van der Waals surface area contributed by atoms with Crippen LogP contribution in [0, 0.1) is 5.41 Å². The Morgan fingerprint density at radius 2 is 1.83 bits per heavy atom. The van der Waals surface area contributed by atoms with Crippen molar-refractivity contribution in [3.05, 3.63) is 11.1 Å². The zero-order chi connectivity index (χ0) is 9.35. The van der Waals surface area contributed by atoms with Crippen molar-refractivity contribution in [3.8, 4) is 0 Å². The van der Waals surface area contributed by atoms with Gasteiger partial charge in [-0.1, -0.05) is 26.3 Å². The van der Waals surface area contributed by atoms with Crippen molar-refractivity contribution in [1.82, 2.24) is 0 Å². The minimum atomic E-state index is 0.162. The first-order chi connectivity index (χ1) is 5.43. The van der Waals surface area contributed by atoms with Crippen LogP contribution in [-0.4, -0.2) is 5.78 Å². The summed E-state index contributed by atoms with van der Waals surface area (Å²) in [6.45, 7) is 8.60. The molecule has 0 amide bonds. The largest absolute Gasteiger partial charge is 0.295 e. The van der Waals surface area contributed by atoms with Crippen LogP contribution in [0.4, 0.5) is 0 Å². The molecule has 1 fully saturated rings. The van der Waals surface area contributed by atoms with Crippen molar-refractivity contribution >= 4 is 5.78 Å². The number of Topliss-reactive ketones (excluding diaryl/α,β-unsaturated/α-hetero) is 1. The van der Waals surface area contributed by atoms with Gasteiger partial charge in [0.05, 0.1) is 0 Å². The van der Waals surface area contributed by atoms with Gasteiger partial charge in [0.25, 0.3) is 0 Å². The molecular weight excluding hydrogens is 148 g/mol. The third-order valence-corrected chi connectivity index (χ3v) is 2.74. The molecule has 0 unspecified atom stereocenters. The van der Waals surface area contributed by atoms with Crippen LogP contribution >= 0.6 is 0 Å². The number of hydrogen-bond donors (Lipinski definition) is 0. The fourth-order valence-corrected chi connectivity index (χ4v) is 1.57. The lowest BCUT2D eigenvalue weighted by Crippen LogP contribution is -2.11. The summed E-state index contributed by atoms with van der Waals surface area (Å²) in [7, 11) is 0. The fraction of sp³-hybridized carbons (Fsp3) is 0.727. The molecule has 0 saturated heterocycles. The van der Waals surface area contributed by atoms with E-state index < -0.39 is 0 Å². The maximum atomic E-state index is 11.4. The topological polar surface area (TPSA) is 17.1 Å². The first-order valence-electron chi connectivity index (χ1n) is 4.66.